The molecule has 1 amide bonds. The van der Waals surface area contributed by atoms with Gasteiger partial charge in [-0.15, -0.1) is 0 Å². The van der Waals surface area contributed by atoms with Crippen LogP contribution in [0.5, 0.6) is 11.5 Å². The van der Waals surface area contributed by atoms with E-state index in [9.17, 15) is 4.79 Å². The van der Waals surface area contributed by atoms with E-state index < -0.39 is 0 Å². The molecule has 0 bridgehead atoms. The Morgan fingerprint density at radius 1 is 1.00 bits per heavy atom. The van der Waals surface area contributed by atoms with Crippen molar-refractivity contribution >= 4 is 22.5 Å². The number of aryl methyl sites for hydroxylation is 1. The second kappa shape index (κ2) is 9.10. The molecule has 0 aliphatic heterocycles. The minimum atomic E-state index is -0.167. The molecule has 1 heterocycles. The van der Waals surface area contributed by atoms with Crippen molar-refractivity contribution in [1.29, 1.82) is 0 Å². The van der Waals surface area contributed by atoms with E-state index in [2.05, 4.69) is 5.32 Å². The van der Waals surface area contributed by atoms with Crippen molar-refractivity contribution < 1.29 is 14.3 Å². The van der Waals surface area contributed by atoms with Crippen LogP contribution in [0.25, 0.3) is 22.2 Å². The normalized spacial score (nSPS) is 10.8. The Morgan fingerprint density at radius 2 is 1.81 bits per heavy atom. The average molecular weight is 427 g/mol. The molecule has 0 saturated heterocycles. The number of carbonyl (C=O) groups is 1. The van der Waals surface area contributed by atoms with E-state index in [1.807, 2.05) is 81.4 Å². The lowest BCUT2D eigenvalue weighted by molar-refractivity contribution is 0.102. The fraction of sp³-hybridized carbons (Fsp3) is 0.185. The highest BCUT2D eigenvalue weighted by Crippen LogP contribution is 2.32. The van der Waals surface area contributed by atoms with Crippen LogP contribution in [-0.2, 0) is 0 Å². The molecule has 4 rings (SSSR count). The Labute approximate surface area is 188 Å². The first-order valence-electron chi connectivity index (χ1n) is 10.6. The van der Waals surface area contributed by atoms with Crippen LogP contribution in [0.4, 0.5) is 5.69 Å². The predicted molar refractivity (Wildman–Crippen MR) is 129 cm³/mol. The number of pyridine rings is 1. The summed E-state index contributed by atoms with van der Waals surface area (Å²) in [5.41, 5.74) is 6.03. The van der Waals surface area contributed by atoms with E-state index in [1.165, 1.54) is 0 Å². The highest BCUT2D eigenvalue weighted by molar-refractivity contribution is 6.07. The summed E-state index contributed by atoms with van der Waals surface area (Å²) in [7, 11) is 1.64. The van der Waals surface area contributed by atoms with Crippen molar-refractivity contribution in [3.8, 4) is 22.8 Å². The van der Waals surface area contributed by atoms with E-state index in [0.29, 0.717) is 17.9 Å². The number of carbonyl (C=O) groups excluding carboxylic acids is 1. The van der Waals surface area contributed by atoms with E-state index >= 15 is 0 Å². The SMILES string of the molecule is CCOc1cc(-c2cccc(OC)c2)nc2ccc(C(=O)Nc3cccc(C)c3C)cc12. The van der Waals surface area contributed by atoms with E-state index in [4.69, 9.17) is 14.5 Å². The summed E-state index contributed by atoms with van der Waals surface area (Å²) in [4.78, 5) is 17.8. The summed E-state index contributed by atoms with van der Waals surface area (Å²) >= 11 is 0. The number of amides is 1. The topological polar surface area (TPSA) is 60.5 Å². The van der Waals surface area contributed by atoms with Crippen molar-refractivity contribution in [1.82, 2.24) is 4.98 Å². The summed E-state index contributed by atoms with van der Waals surface area (Å²) in [6.07, 6.45) is 0. The molecule has 32 heavy (non-hydrogen) atoms. The number of nitrogens with one attached hydrogen (secondary N) is 1. The molecule has 3 aromatic carbocycles. The van der Waals surface area contributed by atoms with Crippen LogP contribution in [0.2, 0.25) is 0 Å². The summed E-state index contributed by atoms with van der Waals surface area (Å²) in [6.45, 7) is 6.48. The molecule has 0 aliphatic carbocycles. The van der Waals surface area contributed by atoms with Gasteiger partial charge in [-0.1, -0.05) is 24.3 Å². The predicted octanol–water partition coefficient (Wildman–Crippen LogP) is 6.18. The highest BCUT2D eigenvalue weighted by Gasteiger charge is 2.14. The number of rotatable bonds is 6. The highest BCUT2D eigenvalue weighted by atomic mass is 16.5. The number of fused-ring (bicyclic) bond motifs is 1. The molecule has 1 N–H and O–H groups in total. The zero-order valence-electron chi connectivity index (χ0n) is 18.7. The third kappa shape index (κ3) is 4.28. The Kier molecular flexibility index (Phi) is 6.08. The lowest BCUT2D eigenvalue weighted by atomic mass is 10.1. The number of nitrogens with zero attached hydrogens (tertiary/aromatic N) is 1. The molecule has 0 atom stereocenters. The number of aromatic nitrogens is 1. The molecule has 0 aliphatic rings. The molecule has 5 nitrogen and oxygen atoms in total. The Hall–Kier alpha value is -3.86. The molecule has 0 saturated carbocycles. The monoisotopic (exact) mass is 426 g/mol. The zero-order valence-corrected chi connectivity index (χ0v) is 18.7. The summed E-state index contributed by atoms with van der Waals surface area (Å²) in [5, 5.41) is 3.82. The summed E-state index contributed by atoms with van der Waals surface area (Å²) in [6, 6.07) is 21.0. The van der Waals surface area contributed by atoms with Gasteiger partial charge in [-0.3, -0.25) is 4.79 Å². The fourth-order valence-corrected chi connectivity index (χ4v) is 3.62. The first kappa shape index (κ1) is 21.4. The first-order valence-corrected chi connectivity index (χ1v) is 10.6. The Morgan fingerprint density at radius 3 is 2.59 bits per heavy atom. The maximum Gasteiger partial charge on any atom is 0.255 e. The third-order valence-corrected chi connectivity index (χ3v) is 5.55. The number of hydrogen-bond acceptors (Lipinski definition) is 4. The molecule has 0 fully saturated rings. The summed E-state index contributed by atoms with van der Waals surface area (Å²) in [5.74, 6) is 1.29. The van der Waals surface area contributed by atoms with Gasteiger partial charge >= 0.3 is 0 Å². The number of hydrogen-bond donors (Lipinski definition) is 1. The van der Waals surface area contributed by atoms with Crippen molar-refractivity contribution in [3.63, 3.8) is 0 Å². The van der Waals surface area contributed by atoms with E-state index in [-0.39, 0.29) is 5.91 Å². The first-order chi connectivity index (χ1) is 15.5. The van der Waals surface area contributed by atoms with Gasteiger partial charge in [0.25, 0.3) is 5.91 Å². The minimum absolute atomic E-state index is 0.167. The van der Waals surface area contributed by atoms with Crippen LogP contribution < -0.4 is 14.8 Å². The zero-order chi connectivity index (χ0) is 22.7. The molecule has 0 unspecified atom stereocenters. The maximum atomic E-state index is 13.0. The van der Waals surface area contributed by atoms with E-state index in [0.717, 1.165) is 44.7 Å². The van der Waals surface area contributed by atoms with Crippen LogP contribution >= 0.6 is 0 Å². The van der Waals surface area contributed by atoms with Gasteiger partial charge in [0.05, 0.1) is 24.9 Å². The summed E-state index contributed by atoms with van der Waals surface area (Å²) < 4.78 is 11.3. The smallest absolute Gasteiger partial charge is 0.255 e. The van der Waals surface area contributed by atoms with Crippen LogP contribution in [0.3, 0.4) is 0 Å². The molecule has 162 valence electrons. The second-order valence-electron chi connectivity index (χ2n) is 7.60. The Balaban J connectivity index is 1.73. The van der Waals surface area contributed by atoms with Gasteiger partial charge in [0, 0.05) is 28.3 Å². The molecular weight excluding hydrogens is 400 g/mol. The number of benzene rings is 3. The quantitative estimate of drug-likeness (QED) is 0.400. The van der Waals surface area contributed by atoms with Crippen molar-refractivity contribution in [3.05, 3.63) is 83.4 Å². The number of ether oxygens (including phenoxy) is 2. The number of methoxy groups -OCH3 is 1. The molecule has 4 aromatic rings. The lowest BCUT2D eigenvalue weighted by Gasteiger charge is -2.13. The Bertz CT molecular complexity index is 1300. The van der Waals surface area contributed by atoms with Gasteiger partial charge in [0.15, 0.2) is 0 Å². The largest absolute Gasteiger partial charge is 0.497 e. The van der Waals surface area contributed by atoms with Crippen molar-refractivity contribution in [2.75, 3.05) is 19.0 Å². The molecule has 1 aromatic heterocycles. The van der Waals surface area contributed by atoms with Crippen molar-refractivity contribution in [2.24, 2.45) is 0 Å². The molecule has 0 radical (unpaired) electrons. The van der Waals surface area contributed by atoms with Gasteiger partial charge in [-0.2, -0.15) is 0 Å². The standard InChI is InChI=1S/C27H26N2O3/c1-5-32-26-16-25(19-9-7-10-21(14-19)31-4)28-24-13-12-20(15-22(24)26)27(30)29-23-11-6-8-17(2)18(23)3/h6-16H,5H2,1-4H3,(H,29,30). The van der Waals surface area contributed by atoms with Gasteiger partial charge in [0.1, 0.15) is 11.5 Å². The van der Waals surface area contributed by atoms with Crippen molar-refractivity contribution in [2.45, 2.75) is 20.8 Å². The van der Waals surface area contributed by atoms with Crippen LogP contribution in [-0.4, -0.2) is 24.6 Å². The lowest BCUT2D eigenvalue weighted by Crippen LogP contribution is -2.13. The van der Waals surface area contributed by atoms with Gasteiger partial charge in [0.2, 0.25) is 0 Å². The second-order valence-corrected chi connectivity index (χ2v) is 7.60. The van der Waals surface area contributed by atoms with Crippen LogP contribution in [0.15, 0.2) is 66.7 Å². The van der Waals surface area contributed by atoms with Crippen LogP contribution in [0.1, 0.15) is 28.4 Å². The molecule has 0 spiro atoms. The fourth-order valence-electron chi connectivity index (χ4n) is 3.62. The van der Waals surface area contributed by atoms with E-state index in [1.54, 1.807) is 13.2 Å². The van der Waals surface area contributed by atoms with Gasteiger partial charge in [-0.05, 0) is 68.3 Å². The van der Waals surface area contributed by atoms with Gasteiger partial charge in [-0.25, -0.2) is 4.98 Å². The molecule has 5 heteroatoms. The molecular formula is C27H26N2O3. The number of anilines is 1. The van der Waals surface area contributed by atoms with Gasteiger partial charge < -0.3 is 14.8 Å². The third-order valence-electron chi connectivity index (χ3n) is 5.55. The maximum absolute atomic E-state index is 13.0. The van der Waals surface area contributed by atoms with Crippen LogP contribution in [0, 0.1) is 13.8 Å². The minimum Gasteiger partial charge on any atom is -0.497 e. The average Bonchev–Trinajstić information content (AvgIpc) is 2.81.